The SMILES string of the molecule is C1=CCNC(c2nc(-c3ccccc3)nc(-c3ccccc3-c3ccc4c(c3)C3(c5ccccc5O4)c4ccccc4-c4ccccc43)n2)=C1. The van der Waals surface area contributed by atoms with Gasteiger partial charge >= 0.3 is 0 Å². The second-order valence-corrected chi connectivity index (χ2v) is 12.8. The second-order valence-electron chi connectivity index (χ2n) is 12.8. The van der Waals surface area contributed by atoms with Crippen LogP contribution in [-0.2, 0) is 5.41 Å². The number of hydrogen-bond acceptors (Lipinski definition) is 5. The van der Waals surface area contributed by atoms with Gasteiger partial charge in [0.05, 0.1) is 11.1 Å². The predicted molar refractivity (Wildman–Crippen MR) is 199 cm³/mol. The monoisotopic (exact) mass is 642 g/mol. The molecule has 3 aliphatic rings. The lowest BCUT2D eigenvalue weighted by Crippen LogP contribution is -2.32. The van der Waals surface area contributed by atoms with Crippen molar-refractivity contribution in [3.63, 3.8) is 0 Å². The van der Waals surface area contributed by atoms with Gasteiger partial charge in [-0.3, -0.25) is 0 Å². The van der Waals surface area contributed by atoms with Crippen molar-refractivity contribution in [2.24, 2.45) is 0 Å². The molecule has 2 aliphatic heterocycles. The minimum atomic E-state index is -0.546. The van der Waals surface area contributed by atoms with Crippen molar-refractivity contribution in [1.29, 1.82) is 0 Å². The molecule has 7 aromatic rings. The van der Waals surface area contributed by atoms with Crippen molar-refractivity contribution in [3.8, 4) is 56.5 Å². The molecule has 0 radical (unpaired) electrons. The molecule has 6 aromatic carbocycles. The van der Waals surface area contributed by atoms with Crippen LogP contribution in [0.5, 0.6) is 11.5 Å². The minimum absolute atomic E-state index is 0.546. The number of benzene rings is 6. The summed E-state index contributed by atoms with van der Waals surface area (Å²) in [6, 6.07) is 51.2. The van der Waals surface area contributed by atoms with Crippen LogP contribution in [0.1, 0.15) is 28.1 Å². The van der Waals surface area contributed by atoms with Crippen LogP contribution in [0.3, 0.4) is 0 Å². The molecule has 0 atom stereocenters. The summed E-state index contributed by atoms with van der Waals surface area (Å²) in [5.74, 6) is 3.60. The highest BCUT2D eigenvalue weighted by atomic mass is 16.5. The number of nitrogens with one attached hydrogen (secondary N) is 1. The third-order valence-electron chi connectivity index (χ3n) is 10.0. The molecule has 0 saturated heterocycles. The highest BCUT2D eigenvalue weighted by Crippen LogP contribution is 2.62. The largest absolute Gasteiger partial charge is 0.457 e. The lowest BCUT2D eigenvalue weighted by molar-refractivity contribution is 0.436. The summed E-state index contributed by atoms with van der Waals surface area (Å²) in [5.41, 5.74) is 11.6. The zero-order valence-corrected chi connectivity index (χ0v) is 27.0. The summed E-state index contributed by atoms with van der Waals surface area (Å²) in [4.78, 5) is 15.1. The standard InChI is InChI=1S/C45H30N4O/c1-2-14-29(15-3-1)42-47-43(49-44(48-42)39-23-12-13-27-46-39)34-19-5-4-16-31(34)30-25-26-41-38(28-30)45(37-22-10-11-24-40(37)50-41)35-20-8-6-17-32(35)33-18-7-9-21-36(33)45/h1-26,28,46H,27H2. The number of dihydropyridines is 1. The summed E-state index contributed by atoms with van der Waals surface area (Å²) in [7, 11) is 0. The van der Waals surface area contributed by atoms with Gasteiger partial charge in [0, 0.05) is 28.8 Å². The Balaban J connectivity index is 1.20. The van der Waals surface area contributed by atoms with E-state index in [0.717, 1.165) is 57.1 Å². The Labute approximate surface area is 290 Å². The lowest BCUT2D eigenvalue weighted by atomic mass is 9.65. The molecule has 5 nitrogen and oxygen atoms in total. The van der Waals surface area contributed by atoms with Gasteiger partial charge in [-0.1, -0.05) is 140 Å². The van der Waals surface area contributed by atoms with E-state index in [4.69, 9.17) is 19.7 Å². The number of nitrogens with zero attached hydrogens (tertiary/aromatic N) is 3. The topological polar surface area (TPSA) is 59.9 Å². The Bertz CT molecular complexity index is 2490. The molecule has 1 aromatic heterocycles. The first-order chi connectivity index (χ1) is 24.8. The van der Waals surface area contributed by atoms with Crippen LogP contribution >= 0.6 is 0 Å². The summed E-state index contributed by atoms with van der Waals surface area (Å²) >= 11 is 0. The number of fused-ring (bicyclic) bond motifs is 9. The Hall–Kier alpha value is -6.59. The smallest absolute Gasteiger partial charge is 0.179 e. The Morgan fingerprint density at radius 3 is 1.82 bits per heavy atom. The summed E-state index contributed by atoms with van der Waals surface area (Å²) in [6.45, 7) is 0.721. The molecule has 1 N–H and O–H groups in total. The van der Waals surface area contributed by atoms with E-state index in [-0.39, 0.29) is 0 Å². The Morgan fingerprint density at radius 1 is 0.480 bits per heavy atom. The molecule has 1 aliphatic carbocycles. The first kappa shape index (κ1) is 28.4. The highest BCUT2D eigenvalue weighted by molar-refractivity contribution is 5.90. The fourth-order valence-corrected chi connectivity index (χ4v) is 7.90. The molecule has 0 fully saturated rings. The van der Waals surface area contributed by atoms with Gasteiger partial charge in [0.25, 0.3) is 0 Å². The van der Waals surface area contributed by atoms with Gasteiger partial charge in [0.15, 0.2) is 17.5 Å². The van der Waals surface area contributed by atoms with Gasteiger partial charge in [-0.05, 0) is 57.7 Å². The normalized spacial score (nSPS) is 14.4. The van der Waals surface area contributed by atoms with Crippen LogP contribution in [0.25, 0.3) is 50.7 Å². The van der Waals surface area contributed by atoms with Gasteiger partial charge in [0.2, 0.25) is 0 Å². The number of para-hydroxylation sites is 1. The molecule has 5 heteroatoms. The lowest BCUT2D eigenvalue weighted by Gasteiger charge is -2.39. The number of rotatable bonds is 4. The molecular formula is C45H30N4O. The quantitative estimate of drug-likeness (QED) is 0.207. The van der Waals surface area contributed by atoms with Crippen molar-refractivity contribution in [2.75, 3.05) is 6.54 Å². The van der Waals surface area contributed by atoms with Crippen molar-refractivity contribution in [3.05, 3.63) is 192 Å². The van der Waals surface area contributed by atoms with Crippen LogP contribution in [0, 0.1) is 0 Å². The van der Waals surface area contributed by atoms with E-state index in [9.17, 15) is 0 Å². The van der Waals surface area contributed by atoms with Crippen molar-refractivity contribution in [1.82, 2.24) is 20.3 Å². The van der Waals surface area contributed by atoms with E-state index in [0.29, 0.717) is 17.5 Å². The van der Waals surface area contributed by atoms with E-state index in [1.165, 1.54) is 22.3 Å². The van der Waals surface area contributed by atoms with Gasteiger partial charge in [-0.2, -0.15) is 0 Å². The molecule has 10 rings (SSSR count). The molecule has 0 unspecified atom stereocenters. The third-order valence-corrected chi connectivity index (χ3v) is 10.0. The third kappa shape index (κ3) is 4.23. The molecule has 0 saturated carbocycles. The molecule has 1 spiro atoms. The fraction of sp³-hybridized carbons (Fsp3) is 0.0444. The first-order valence-corrected chi connectivity index (χ1v) is 16.9. The highest BCUT2D eigenvalue weighted by Gasteiger charge is 2.51. The van der Waals surface area contributed by atoms with Gasteiger partial charge in [-0.25, -0.2) is 15.0 Å². The predicted octanol–water partition coefficient (Wildman–Crippen LogP) is 9.84. The van der Waals surface area contributed by atoms with Gasteiger partial charge in [0.1, 0.15) is 11.5 Å². The van der Waals surface area contributed by atoms with Gasteiger partial charge in [-0.15, -0.1) is 0 Å². The maximum absolute atomic E-state index is 6.70. The number of aromatic nitrogens is 3. The molecule has 236 valence electrons. The number of ether oxygens (including phenoxy) is 1. The van der Waals surface area contributed by atoms with E-state index in [1.807, 2.05) is 48.6 Å². The molecular weight excluding hydrogens is 613 g/mol. The summed E-state index contributed by atoms with van der Waals surface area (Å²) in [5, 5.41) is 3.43. The van der Waals surface area contributed by atoms with Crippen LogP contribution in [-0.4, -0.2) is 21.5 Å². The Morgan fingerprint density at radius 2 is 1.08 bits per heavy atom. The molecule has 3 heterocycles. The zero-order valence-electron chi connectivity index (χ0n) is 27.0. The van der Waals surface area contributed by atoms with E-state index in [1.54, 1.807) is 0 Å². The zero-order chi connectivity index (χ0) is 33.1. The molecule has 0 amide bonds. The van der Waals surface area contributed by atoms with Crippen molar-refractivity contribution >= 4 is 5.70 Å². The summed E-state index contributed by atoms with van der Waals surface area (Å²) in [6.07, 6.45) is 6.13. The summed E-state index contributed by atoms with van der Waals surface area (Å²) < 4.78 is 6.70. The maximum Gasteiger partial charge on any atom is 0.179 e. The van der Waals surface area contributed by atoms with E-state index < -0.39 is 5.41 Å². The number of hydrogen-bond donors (Lipinski definition) is 1. The van der Waals surface area contributed by atoms with Crippen LogP contribution in [0.4, 0.5) is 0 Å². The number of allylic oxidation sites excluding steroid dienone is 2. The second kappa shape index (κ2) is 11.2. The van der Waals surface area contributed by atoms with Crippen LogP contribution in [0.15, 0.2) is 164 Å². The van der Waals surface area contributed by atoms with Crippen LogP contribution in [0.2, 0.25) is 0 Å². The minimum Gasteiger partial charge on any atom is -0.457 e. The first-order valence-electron chi connectivity index (χ1n) is 16.9. The average Bonchev–Trinajstić information content (AvgIpc) is 3.49. The van der Waals surface area contributed by atoms with Crippen molar-refractivity contribution in [2.45, 2.75) is 5.41 Å². The van der Waals surface area contributed by atoms with Crippen LogP contribution < -0.4 is 10.1 Å². The van der Waals surface area contributed by atoms with Gasteiger partial charge < -0.3 is 10.1 Å². The van der Waals surface area contributed by atoms with E-state index >= 15 is 0 Å². The maximum atomic E-state index is 6.70. The van der Waals surface area contributed by atoms with E-state index in [2.05, 4.69) is 121 Å². The Kier molecular flexibility index (Phi) is 6.39. The fourth-order valence-electron chi connectivity index (χ4n) is 7.90. The molecule has 0 bridgehead atoms. The van der Waals surface area contributed by atoms with Crippen molar-refractivity contribution < 1.29 is 4.74 Å². The average molecular weight is 643 g/mol. The molecule has 50 heavy (non-hydrogen) atoms.